The second kappa shape index (κ2) is 5.34. The van der Waals surface area contributed by atoms with Crippen LogP contribution >= 0.6 is 0 Å². The zero-order valence-electron chi connectivity index (χ0n) is 10.2. The molecule has 2 aromatic rings. The number of hydrogen-bond acceptors (Lipinski definition) is 4. The van der Waals surface area contributed by atoms with Crippen molar-refractivity contribution in [2.75, 3.05) is 5.32 Å². The summed E-state index contributed by atoms with van der Waals surface area (Å²) >= 11 is 0. The molecule has 2 rings (SSSR count). The van der Waals surface area contributed by atoms with Gasteiger partial charge in [-0.05, 0) is 18.2 Å². The predicted octanol–water partition coefficient (Wildman–Crippen LogP) is 2.19. The number of hydrogen-bond donors (Lipinski definition) is 2. The molecule has 2 heterocycles. The van der Waals surface area contributed by atoms with Crippen molar-refractivity contribution in [3.63, 3.8) is 0 Å². The first-order valence-corrected chi connectivity index (χ1v) is 5.69. The number of pyridine rings is 1. The number of aromatic nitrogens is 1. The lowest BCUT2D eigenvalue weighted by Crippen LogP contribution is -2.13. The molecule has 0 spiro atoms. The molecule has 0 fully saturated rings. The third-order valence-corrected chi connectivity index (χ3v) is 2.55. The van der Waals surface area contributed by atoms with Gasteiger partial charge in [0.25, 0.3) is 5.91 Å². The van der Waals surface area contributed by atoms with Crippen LogP contribution in [0.4, 0.5) is 5.69 Å². The van der Waals surface area contributed by atoms with Crippen molar-refractivity contribution in [1.82, 2.24) is 4.98 Å². The monoisotopic (exact) mass is 260 g/mol. The van der Waals surface area contributed by atoms with Gasteiger partial charge in [0, 0.05) is 18.3 Å². The predicted molar refractivity (Wildman–Crippen MR) is 67.2 cm³/mol. The average molecular weight is 260 g/mol. The SMILES string of the molecule is CCc1occc1C(=O)Nc1ccnc(C(=O)O)c1. The van der Waals surface area contributed by atoms with Crippen LogP contribution in [0.2, 0.25) is 0 Å². The Labute approximate surface area is 109 Å². The first-order chi connectivity index (χ1) is 9.11. The van der Waals surface area contributed by atoms with E-state index in [4.69, 9.17) is 9.52 Å². The van der Waals surface area contributed by atoms with Gasteiger partial charge in [-0.3, -0.25) is 4.79 Å². The van der Waals surface area contributed by atoms with Gasteiger partial charge in [0.1, 0.15) is 11.5 Å². The number of nitrogens with zero attached hydrogens (tertiary/aromatic N) is 1. The lowest BCUT2D eigenvalue weighted by Gasteiger charge is -2.05. The van der Waals surface area contributed by atoms with E-state index in [0.717, 1.165) is 0 Å². The highest BCUT2D eigenvalue weighted by atomic mass is 16.4. The molecule has 1 amide bonds. The van der Waals surface area contributed by atoms with Crippen LogP contribution in [-0.2, 0) is 6.42 Å². The molecular formula is C13H12N2O4. The van der Waals surface area contributed by atoms with Gasteiger partial charge >= 0.3 is 5.97 Å². The molecule has 19 heavy (non-hydrogen) atoms. The Hall–Kier alpha value is -2.63. The fourth-order valence-electron chi connectivity index (χ4n) is 1.64. The molecular weight excluding hydrogens is 248 g/mol. The first kappa shape index (κ1) is 12.8. The van der Waals surface area contributed by atoms with E-state index in [1.54, 1.807) is 6.07 Å². The fourth-order valence-corrected chi connectivity index (χ4v) is 1.64. The van der Waals surface area contributed by atoms with Crippen LogP contribution in [-0.4, -0.2) is 22.0 Å². The van der Waals surface area contributed by atoms with E-state index >= 15 is 0 Å². The number of furan rings is 1. The summed E-state index contributed by atoms with van der Waals surface area (Å²) in [6, 6.07) is 4.40. The average Bonchev–Trinajstić information content (AvgIpc) is 2.87. The van der Waals surface area contributed by atoms with Crippen LogP contribution in [0.5, 0.6) is 0 Å². The molecule has 0 aliphatic rings. The number of aryl methyl sites for hydroxylation is 1. The maximum Gasteiger partial charge on any atom is 0.354 e. The van der Waals surface area contributed by atoms with Gasteiger partial charge in [-0.2, -0.15) is 0 Å². The lowest BCUT2D eigenvalue weighted by atomic mass is 10.2. The van der Waals surface area contributed by atoms with Crippen LogP contribution in [0.1, 0.15) is 33.5 Å². The van der Waals surface area contributed by atoms with Gasteiger partial charge in [0.15, 0.2) is 0 Å². The number of anilines is 1. The van der Waals surface area contributed by atoms with Gasteiger partial charge in [0.05, 0.1) is 11.8 Å². The Kier molecular flexibility index (Phi) is 3.61. The van der Waals surface area contributed by atoms with Crippen molar-refractivity contribution in [3.8, 4) is 0 Å². The van der Waals surface area contributed by atoms with E-state index in [2.05, 4.69) is 10.3 Å². The zero-order valence-corrected chi connectivity index (χ0v) is 10.2. The second-order valence-electron chi connectivity index (χ2n) is 3.80. The maximum absolute atomic E-state index is 12.0. The smallest absolute Gasteiger partial charge is 0.354 e. The molecule has 2 aromatic heterocycles. The Morgan fingerprint density at radius 3 is 2.89 bits per heavy atom. The quantitative estimate of drug-likeness (QED) is 0.879. The van der Waals surface area contributed by atoms with E-state index in [0.29, 0.717) is 23.4 Å². The lowest BCUT2D eigenvalue weighted by molar-refractivity contribution is 0.0690. The van der Waals surface area contributed by atoms with Crippen LogP contribution in [0.25, 0.3) is 0 Å². The van der Waals surface area contributed by atoms with Crippen LogP contribution in [0.15, 0.2) is 35.1 Å². The summed E-state index contributed by atoms with van der Waals surface area (Å²) in [6.07, 6.45) is 3.38. The zero-order chi connectivity index (χ0) is 13.8. The minimum absolute atomic E-state index is 0.124. The molecule has 6 heteroatoms. The fraction of sp³-hybridized carbons (Fsp3) is 0.154. The summed E-state index contributed by atoms with van der Waals surface area (Å²) < 4.78 is 5.17. The summed E-state index contributed by atoms with van der Waals surface area (Å²) in [5.74, 6) is -0.896. The minimum atomic E-state index is -1.14. The molecule has 0 aliphatic heterocycles. The number of carbonyl (C=O) groups excluding carboxylic acids is 1. The van der Waals surface area contributed by atoms with E-state index in [1.807, 2.05) is 6.92 Å². The number of carboxylic acid groups (broad SMARTS) is 1. The standard InChI is InChI=1S/C13H12N2O4/c1-2-11-9(4-6-19-11)12(16)15-8-3-5-14-10(7-8)13(17)18/h3-7H,2H2,1H3,(H,17,18)(H,14,15,16). The van der Waals surface area contributed by atoms with Crippen LogP contribution in [0, 0.1) is 0 Å². The molecule has 6 nitrogen and oxygen atoms in total. The number of nitrogens with one attached hydrogen (secondary N) is 1. The van der Waals surface area contributed by atoms with Crippen molar-refractivity contribution in [2.45, 2.75) is 13.3 Å². The van der Waals surface area contributed by atoms with Gasteiger partial charge in [-0.1, -0.05) is 6.92 Å². The van der Waals surface area contributed by atoms with Gasteiger partial charge in [0.2, 0.25) is 0 Å². The van der Waals surface area contributed by atoms with E-state index in [-0.39, 0.29) is 11.6 Å². The number of rotatable bonds is 4. The first-order valence-electron chi connectivity index (χ1n) is 5.69. The van der Waals surface area contributed by atoms with Crippen molar-refractivity contribution >= 4 is 17.6 Å². The van der Waals surface area contributed by atoms with Crippen molar-refractivity contribution < 1.29 is 19.1 Å². The van der Waals surface area contributed by atoms with E-state index in [1.165, 1.54) is 24.6 Å². The van der Waals surface area contributed by atoms with Crippen LogP contribution < -0.4 is 5.32 Å². The normalized spacial score (nSPS) is 10.2. The van der Waals surface area contributed by atoms with Gasteiger partial charge in [-0.15, -0.1) is 0 Å². The summed E-state index contributed by atoms with van der Waals surface area (Å²) in [6.45, 7) is 1.88. The summed E-state index contributed by atoms with van der Waals surface area (Å²) in [5.41, 5.74) is 0.692. The largest absolute Gasteiger partial charge is 0.477 e. The number of carboxylic acids is 1. The van der Waals surface area contributed by atoms with Crippen molar-refractivity contribution in [1.29, 1.82) is 0 Å². The molecule has 0 atom stereocenters. The maximum atomic E-state index is 12.0. The molecule has 0 unspecified atom stereocenters. The molecule has 0 aliphatic carbocycles. The number of amides is 1. The van der Waals surface area contributed by atoms with Crippen LogP contribution in [0.3, 0.4) is 0 Å². The summed E-state index contributed by atoms with van der Waals surface area (Å²) in [7, 11) is 0. The molecule has 0 aromatic carbocycles. The Morgan fingerprint density at radius 1 is 1.42 bits per heavy atom. The molecule has 0 saturated heterocycles. The molecule has 98 valence electrons. The minimum Gasteiger partial charge on any atom is -0.477 e. The Morgan fingerprint density at radius 2 is 2.21 bits per heavy atom. The van der Waals surface area contributed by atoms with E-state index in [9.17, 15) is 9.59 Å². The third-order valence-electron chi connectivity index (χ3n) is 2.55. The number of aromatic carboxylic acids is 1. The number of carbonyl (C=O) groups is 2. The van der Waals surface area contributed by atoms with E-state index < -0.39 is 5.97 Å². The molecule has 2 N–H and O–H groups in total. The topological polar surface area (TPSA) is 92.4 Å². The molecule has 0 saturated carbocycles. The van der Waals surface area contributed by atoms with Crippen molar-refractivity contribution in [3.05, 3.63) is 47.7 Å². The summed E-state index contributed by atoms with van der Waals surface area (Å²) in [5, 5.41) is 11.4. The Balaban J connectivity index is 2.19. The summed E-state index contributed by atoms with van der Waals surface area (Å²) in [4.78, 5) is 26.4. The Bertz CT molecular complexity index is 619. The molecule has 0 radical (unpaired) electrons. The van der Waals surface area contributed by atoms with Crippen molar-refractivity contribution in [2.24, 2.45) is 0 Å². The second-order valence-corrected chi connectivity index (χ2v) is 3.80. The van der Waals surface area contributed by atoms with Gasteiger partial charge < -0.3 is 14.8 Å². The highest BCUT2D eigenvalue weighted by molar-refractivity contribution is 6.05. The van der Waals surface area contributed by atoms with Gasteiger partial charge in [-0.25, -0.2) is 9.78 Å². The highest BCUT2D eigenvalue weighted by Crippen LogP contribution is 2.15. The molecule has 0 bridgehead atoms. The third kappa shape index (κ3) is 2.79. The highest BCUT2D eigenvalue weighted by Gasteiger charge is 2.14.